The number of carbonyl (C=O) groups excluding carboxylic acids is 2. The number of ether oxygens (including phenoxy) is 2. The third-order valence-electron chi connectivity index (χ3n) is 7.96. The molecule has 0 bridgehead atoms. The number of esters is 1. The summed E-state index contributed by atoms with van der Waals surface area (Å²) in [6.45, 7) is 9.27. The lowest BCUT2D eigenvalue weighted by Gasteiger charge is -2.36. The maximum absolute atomic E-state index is 13.3. The third-order valence-corrected chi connectivity index (χ3v) is 10.1. The minimum Gasteiger partial charge on any atom is -0.490 e. The fraction of sp³-hybridized carbons (Fsp3) is 0.400. The van der Waals surface area contributed by atoms with E-state index in [1.54, 1.807) is 23.5 Å². The number of hydrogen-bond acceptors (Lipinski definition) is 6. The van der Waals surface area contributed by atoms with E-state index in [1.807, 2.05) is 37.3 Å². The lowest BCUT2D eigenvalue weighted by Crippen LogP contribution is -2.38. The van der Waals surface area contributed by atoms with Crippen molar-refractivity contribution in [2.75, 3.05) is 11.9 Å². The fourth-order valence-electron chi connectivity index (χ4n) is 5.26. The van der Waals surface area contributed by atoms with E-state index in [9.17, 15) is 9.59 Å². The molecule has 2 atom stereocenters. The van der Waals surface area contributed by atoms with E-state index >= 15 is 0 Å². The molecule has 8 heteroatoms. The Hall–Kier alpha value is -2.59. The van der Waals surface area contributed by atoms with Crippen LogP contribution in [0.1, 0.15) is 83.4 Å². The van der Waals surface area contributed by atoms with Crippen LogP contribution in [0.15, 0.2) is 42.5 Å². The number of halogens is 1. The Morgan fingerprint density at radius 1 is 1.13 bits per heavy atom. The Kier molecular flexibility index (Phi) is 7.73. The highest BCUT2D eigenvalue weighted by Crippen LogP contribution is 2.47. The SMILES string of the molecule is CCOc1cc([C@@H]2NC(=O)c3c(sc4c3CC[C@@H](C(C)(C)CC)C4)N2)ccc1OC(=O)c1ccccc1I. The second-order valence-corrected chi connectivity index (χ2v) is 12.8. The zero-order chi connectivity index (χ0) is 27.0. The molecule has 2 aromatic carbocycles. The van der Waals surface area contributed by atoms with Gasteiger partial charge in [0.1, 0.15) is 11.2 Å². The number of amides is 1. The number of benzene rings is 2. The van der Waals surface area contributed by atoms with Crippen molar-refractivity contribution < 1.29 is 19.1 Å². The highest BCUT2D eigenvalue weighted by molar-refractivity contribution is 14.1. The smallest absolute Gasteiger partial charge is 0.344 e. The second-order valence-electron chi connectivity index (χ2n) is 10.5. The molecular formula is C30H33IN2O4S. The predicted molar refractivity (Wildman–Crippen MR) is 159 cm³/mol. The summed E-state index contributed by atoms with van der Waals surface area (Å²) >= 11 is 3.84. The summed E-state index contributed by atoms with van der Waals surface area (Å²) in [5, 5.41) is 7.62. The molecule has 1 amide bonds. The quantitative estimate of drug-likeness (QED) is 0.160. The van der Waals surface area contributed by atoms with Gasteiger partial charge >= 0.3 is 5.97 Å². The van der Waals surface area contributed by atoms with Crippen molar-refractivity contribution >= 4 is 50.8 Å². The summed E-state index contributed by atoms with van der Waals surface area (Å²) in [5.41, 5.74) is 3.64. The molecule has 0 saturated heterocycles. The average Bonchev–Trinajstić information content (AvgIpc) is 3.28. The number of nitrogens with one attached hydrogen (secondary N) is 2. The van der Waals surface area contributed by atoms with E-state index in [0.29, 0.717) is 35.0 Å². The largest absolute Gasteiger partial charge is 0.490 e. The molecule has 0 spiro atoms. The Morgan fingerprint density at radius 2 is 1.92 bits per heavy atom. The van der Waals surface area contributed by atoms with Gasteiger partial charge in [0, 0.05) is 8.45 Å². The molecule has 2 aliphatic rings. The van der Waals surface area contributed by atoms with Crippen molar-refractivity contribution in [2.45, 2.75) is 59.5 Å². The van der Waals surface area contributed by atoms with Gasteiger partial charge < -0.3 is 20.1 Å². The first-order valence-electron chi connectivity index (χ1n) is 13.2. The molecule has 1 aliphatic heterocycles. The van der Waals surface area contributed by atoms with E-state index in [2.05, 4.69) is 54.0 Å². The van der Waals surface area contributed by atoms with Crippen molar-refractivity contribution in [3.63, 3.8) is 0 Å². The van der Waals surface area contributed by atoms with Crippen molar-refractivity contribution in [3.05, 3.63) is 73.2 Å². The molecule has 0 radical (unpaired) electrons. The Labute approximate surface area is 241 Å². The van der Waals surface area contributed by atoms with Crippen LogP contribution < -0.4 is 20.1 Å². The summed E-state index contributed by atoms with van der Waals surface area (Å²) < 4.78 is 12.4. The van der Waals surface area contributed by atoms with Crippen LogP contribution in [0.5, 0.6) is 11.5 Å². The van der Waals surface area contributed by atoms with E-state index in [-0.39, 0.29) is 5.91 Å². The van der Waals surface area contributed by atoms with E-state index in [0.717, 1.165) is 45.4 Å². The lowest BCUT2D eigenvalue weighted by molar-refractivity contribution is 0.0727. The van der Waals surface area contributed by atoms with Crippen LogP contribution in [-0.4, -0.2) is 18.5 Å². The van der Waals surface area contributed by atoms with E-state index < -0.39 is 12.1 Å². The summed E-state index contributed by atoms with van der Waals surface area (Å²) in [6, 6.07) is 12.7. The number of fused-ring (bicyclic) bond motifs is 3. The van der Waals surface area contributed by atoms with Gasteiger partial charge in [-0.25, -0.2) is 4.79 Å². The van der Waals surface area contributed by atoms with Gasteiger partial charge in [-0.05, 0) is 95.5 Å². The zero-order valence-corrected chi connectivity index (χ0v) is 25.1. The molecule has 2 heterocycles. The number of anilines is 1. The molecule has 38 heavy (non-hydrogen) atoms. The van der Waals surface area contributed by atoms with Crippen molar-refractivity contribution in [2.24, 2.45) is 11.3 Å². The molecule has 5 rings (SSSR count). The first-order valence-corrected chi connectivity index (χ1v) is 15.1. The first kappa shape index (κ1) is 27.0. The number of rotatable bonds is 7. The number of thiophene rings is 1. The highest BCUT2D eigenvalue weighted by Gasteiger charge is 2.37. The van der Waals surface area contributed by atoms with Crippen LogP contribution in [0.4, 0.5) is 5.00 Å². The van der Waals surface area contributed by atoms with Crippen molar-refractivity contribution in [3.8, 4) is 11.5 Å². The first-order chi connectivity index (χ1) is 18.2. The van der Waals surface area contributed by atoms with Crippen LogP contribution >= 0.6 is 33.9 Å². The Balaban J connectivity index is 1.38. The number of carbonyl (C=O) groups is 2. The zero-order valence-electron chi connectivity index (χ0n) is 22.2. The topological polar surface area (TPSA) is 76.7 Å². The highest BCUT2D eigenvalue weighted by atomic mass is 127. The fourth-order valence-corrected chi connectivity index (χ4v) is 7.22. The molecule has 2 N–H and O–H groups in total. The molecule has 1 aromatic heterocycles. The standard InChI is InChI=1S/C30H33IN2O4S/c1-5-30(3,4)18-12-13-20-24(16-18)38-28-25(20)27(34)32-26(33-28)17-11-14-22(23(15-17)36-6-2)37-29(35)19-9-7-8-10-21(19)31/h7-11,14-15,18,26,33H,5-6,12-13,16H2,1-4H3,(H,32,34)/t18-,26-/m1/s1. The minimum atomic E-state index is -0.439. The van der Waals surface area contributed by atoms with Gasteiger partial charge in [-0.1, -0.05) is 45.4 Å². The van der Waals surface area contributed by atoms with Gasteiger partial charge in [-0.2, -0.15) is 0 Å². The van der Waals surface area contributed by atoms with Crippen molar-refractivity contribution in [1.82, 2.24) is 5.32 Å². The normalized spacial score (nSPS) is 18.6. The van der Waals surface area contributed by atoms with E-state index in [1.165, 1.54) is 10.4 Å². The monoisotopic (exact) mass is 644 g/mol. The van der Waals surface area contributed by atoms with Gasteiger partial charge in [0.2, 0.25) is 0 Å². The van der Waals surface area contributed by atoms with Crippen LogP contribution in [0.25, 0.3) is 0 Å². The van der Waals surface area contributed by atoms with Crippen LogP contribution in [0, 0.1) is 14.9 Å². The van der Waals surface area contributed by atoms with Gasteiger partial charge in [0.25, 0.3) is 5.91 Å². The molecule has 0 unspecified atom stereocenters. The number of hydrogen-bond donors (Lipinski definition) is 2. The van der Waals surface area contributed by atoms with Gasteiger partial charge in [-0.3, -0.25) is 4.79 Å². The molecule has 3 aromatic rings. The van der Waals surface area contributed by atoms with Crippen LogP contribution in [0.3, 0.4) is 0 Å². The summed E-state index contributed by atoms with van der Waals surface area (Å²) in [5.74, 6) is 0.954. The Bertz CT molecular complexity index is 1380. The van der Waals surface area contributed by atoms with Gasteiger partial charge in [0.15, 0.2) is 11.5 Å². The maximum Gasteiger partial charge on any atom is 0.344 e. The minimum absolute atomic E-state index is 0.0402. The Morgan fingerprint density at radius 3 is 2.66 bits per heavy atom. The average molecular weight is 645 g/mol. The van der Waals surface area contributed by atoms with Gasteiger partial charge in [0.05, 0.1) is 17.7 Å². The summed E-state index contributed by atoms with van der Waals surface area (Å²) in [7, 11) is 0. The van der Waals surface area contributed by atoms with E-state index in [4.69, 9.17) is 9.47 Å². The van der Waals surface area contributed by atoms with Crippen LogP contribution in [-0.2, 0) is 12.8 Å². The van der Waals surface area contributed by atoms with Crippen molar-refractivity contribution in [1.29, 1.82) is 0 Å². The third kappa shape index (κ3) is 5.17. The summed E-state index contributed by atoms with van der Waals surface area (Å²) in [6.07, 6.45) is 3.84. The molecule has 6 nitrogen and oxygen atoms in total. The predicted octanol–water partition coefficient (Wildman–Crippen LogP) is 7.37. The molecule has 1 aliphatic carbocycles. The van der Waals surface area contributed by atoms with Crippen LogP contribution in [0.2, 0.25) is 0 Å². The lowest BCUT2D eigenvalue weighted by atomic mass is 9.69. The molecule has 200 valence electrons. The molecule has 0 saturated carbocycles. The van der Waals surface area contributed by atoms with Gasteiger partial charge in [-0.15, -0.1) is 11.3 Å². The molecule has 0 fully saturated rings. The second kappa shape index (κ2) is 10.9. The maximum atomic E-state index is 13.3. The molecular weight excluding hydrogens is 611 g/mol. The summed E-state index contributed by atoms with van der Waals surface area (Å²) in [4.78, 5) is 27.4.